The van der Waals surface area contributed by atoms with Crippen molar-refractivity contribution in [1.29, 1.82) is 0 Å². The molecule has 11 rings (SSSR count). The lowest BCUT2D eigenvalue weighted by Gasteiger charge is -2.44. The molecule has 3 saturated heterocycles. The molecule has 5 aliphatic rings. The van der Waals surface area contributed by atoms with Crippen molar-refractivity contribution in [3.63, 3.8) is 0 Å². The Balaban J connectivity index is 0.565. The molecule has 0 saturated carbocycles. The Labute approximate surface area is 563 Å². The van der Waals surface area contributed by atoms with Crippen LogP contribution in [0.4, 0.5) is 46.9 Å². The second kappa shape index (κ2) is 31.3. The SMILES string of the molecule is CN(CCN1CCC(OC(=O)Nc2ccccc2-c2ccccc2)CC1)C(=O)CCCCCNc1ccc2c(c1)CCN(CCCN(C)C(=O)CO[C@H]1Cc3ccccc3C13CCN(CC[C@@]1(c4ccc(F)cc4)CN(C(=O)c4cc(C(F)(F)F)cc(C(F)(F)F)c4)CO1)CC3)C2. The summed E-state index contributed by atoms with van der Waals surface area (Å²) < 4.78 is 116. The Bertz CT molecular complexity index is 3640. The molecule has 0 aromatic heterocycles. The van der Waals surface area contributed by atoms with Crippen LogP contribution in [0, 0.1) is 5.82 Å². The number of ether oxygens (including phenoxy) is 3. The van der Waals surface area contributed by atoms with Gasteiger partial charge in [0.1, 0.15) is 30.9 Å². The number of alkyl halides is 6. The first-order chi connectivity index (χ1) is 46.6. The van der Waals surface area contributed by atoms with E-state index < -0.39 is 59.2 Å². The van der Waals surface area contributed by atoms with Crippen LogP contribution in [-0.4, -0.2) is 171 Å². The first-order valence-corrected chi connectivity index (χ1v) is 33.9. The number of anilines is 2. The van der Waals surface area contributed by atoms with E-state index in [1.54, 1.807) is 4.90 Å². The highest BCUT2D eigenvalue weighted by atomic mass is 19.4. The van der Waals surface area contributed by atoms with Gasteiger partial charge in [0.15, 0.2) is 0 Å². The lowest BCUT2D eigenvalue weighted by Crippen LogP contribution is -2.50. The van der Waals surface area contributed by atoms with Gasteiger partial charge in [0.05, 0.1) is 29.5 Å². The van der Waals surface area contributed by atoms with Crippen LogP contribution < -0.4 is 10.6 Å². The molecule has 6 aromatic carbocycles. The Morgan fingerprint density at radius 2 is 1.35 bits per heavy atom. The van der Waals surface area contributed by atoms with Gasteiger partial charge >= 0.3 is 18.4 Å². The minimum atomic E-state index is -5.14. The average molecular weight is 1350 g/mol. The van der Waals surface area contributed by atoms with Gasteiger partial charge in [-0.15, -0.1) is 0 Å². The van der Waals surface area contributed by atoms with E-state index in [9.17, 15) is 49.9 Å². The van der Waals surface area contributed by atoms with Crippen molar-refractivity contribution in [2.24, 2.45) is 0 Å². The number of halogens is 7. The molecule has 22 heteroatoms. The summed E-state index contributed by atoms with van der Waals surface area (Å²) in [4.78, 5) is 65.1. The zero-order valence-electron chi connectivity index (χ0n) is 55.2. The number of fused-ring (bicyclic) bond motifs is 3. The lowest BCUT2D eigenvalue weighted by molar-refractivity contribution is -0.143. The van der Waals surface area contributed by atoms with Gasteiger partial charge in [0.25, 0.3) is 5.91 Å². The van der Waals surface area contributed by atoms with Gasteiger partial charge < -0.3 is 44.0 Å². The van der Waals surface area contributed by atoms with Crippen molar-refractivity contribution < 1.29 is 64.1 Å². The highest BCUT2D eigenvalue weighted by molar-refractivity contribution is 5.95. The number of para-hydroxylation sites is 1. The maximum atomic E-state index is 14.3. The second-order valence-electron chi connectivity index (χ2n) is 26.7. The van der Waals surface area contributed by atoms with E-state index in [0.29, 0.717) is 81.8 Å². The number of hydrogen-bond acceptors (Lipinski definition) is 11. The summed E-state index contributed by atoms with van der Waals surface area (Å²) in [7, 11) is 3.70. The Morgan fingerprint density at radius 3 is 2.09 bits per heavy atom. The van der Waals surface area contributed by atoms with Gasteiger partial charge in [-0.1, -0.05) is 97.4 Å². The molecule has 0 bridgehead atoms. The molecule has 6 aromatic rings. The smallest absolute Gasteiger partial charge is 0.416 e. The fourth-order valence-corrected chi connectivity index (χ4v) is 14.6. The molecule has 1 spiro atoms. The molecule has 518 valence electrons. The van der Waals surface area contributed by atoms with Crippen molar-refractivity contribution >= 4 is 35.2 Å². The fourth-order valence-electron chi connectivity index (χ4n) is 14.6. The topological polar surface area (TPSA) is 139 Å². The third-order valence-corrected chi connectivity index (χ3v) is 20.3. The molecule has 97 heavy (non-hydrogen) atoms. The molecule has 4 heterocycles. The third-order valence-electron chi connectivity index (χ3n) is 20.3. The van der Waals surface area contributed by atoms with Crippen molar-refractivity contribution in [1.82, 2.24) is 29.4 Å². The number of hydrogen-bond donors (Lipinski definition) is 2. The summed E-state index contributed by atoms with van der Waals surface area (Å²) in [6.45, 7) is 8.12. The standard InChI is InChI=1S/C75H87F7N8O7/c1-85(34-13-35-89-36-27-54-46-62(26-21-56(54)49-89)83-33-12-4-7-20-68(91)86(2)42-43-87-37-28-63(29-38-87)97-71(94)84-66-19-11-9-17-64(66)53-14-5-3-6-15-53)69(92)50-95-67-47-55-16-8-10-18-65(55)72(67)30-39-88(40-31-72)41-32-73(58-22-24-61(76)25-23-58)51-90(52-96-73)70(93)57-44-59(74(77,78)79)48-60(45-57)75(80,81)82/h3,5-6,8-11,14-19,21-26,44-46,48,63,67,83H,4,7,12-13,20,27-43,47,49-52H2,1-2H3,(H,84,94)/t67-,73-/m0/s1. The zero-order chi connectivity index (χ0) is 68.3. The number of nitrogens with one attached hydrogen (secondary N) is 2. The van der Waals surface area contributed by atoms with E-state index in [1.165, 1.54) is 46.5 Å². The number of likely N-dealkylation sites (N-methyl/N-ethyl adjacent to an activating group) is 2. The molecule has 4 amide bonds. The summed E-state index contributed by atoms with van der Waals surface area (Å²) in [6, 6.07) is 38.9. The third kappa shape index (κ3) is 17.7. The Morgan fingerprint density at radius 1 is 0.660 bits per heavy atom. The summed E-state index contributed by atoms with van der Waals surface area (Å²) in [5.41, 5.74) is 3.74. The van der Waals surface area contributed by atoms with E-state index in [0.717, 1.165) is 112 Å². The quantitative estimate of drug-likeness (QED) is 0.0418. The maximum absolute atomic E-state index is 14.3. The van der Waals surface area contributed by atoms with E-state index in [1.807, 2.05) is 85.7 Å². The fraction of sp³-hybridized carbons (Fsp3) is 0.467. The highest BCUT2D eigenvalue weighted by Crippen LogP contribution is 2.49. The largest absolute Gasteiger partial charge is 0.446 e. The minimum absolute atomic E-state index is 0.0181. The van der Waals surface area contributed by atoms with Gasteiger partial charge in [0.2, 0.25) is 11.8 Å². The van der Waals surface area contributed by atoms with E-state index in [-0.39, 0.29) is 55.1 Å². The number of likely N-dealkylation sites (tertiary alicyclic amines) is 2. The van der Waals surface area contributed by atoms with E-state index >= 15 is 0 Å². The maximum Gasteiger partial charge on any atom is 0.416 e. The van der Waals surface area contributed by atoms with Crippen LogP contribution in [0.1, 0.15) is 114 Å². The van der Waals surface area contributed by atoms with Gasteiger partial charge in [-0.25, -0.2) is 9.18 Å². The predicted molar refractivity (Wildman–Crippen MR) is 357 cm³/mol. The number of nitrogens with zero attached hydrogens (tertiary/aromatic N) is 6. The van der Waals surface area contributed by atoms with Crippen molar-refractivity contribution in [2.45, 2.75) is 119 Å². The van der Waals surface area contributed by atoms with Gasteiger partial charge in [-0.3, -0.25) is 24.6 Å². The molecule has 0 unspecified atom stereocenters. The number of rotatable bonds is 25. The molecule has 2 atom stereocenters. The van der Waals surface area contributed by atoms with Crippen LogP contribution in [-0.2, 0) is 66.6 Å². The molecule has 4 aliphatic heterocycles. The number of benzene rings is 6. The summed E-state index contributed by atoms with van der Waals surface area (Å²) >= 11 is 0. The molecular formula is C75H87F7N8O7. The monoisotopic (exact) mass is 1340 g/mol. The molecule has 0 radical (unpaired) electrons. The zero-order valence-corrected chi connectivity index (χ0v) is 55.2. The van der Waals surface area contributed by atoms with Gasteiger partial charge in [-0.05, 0) is 159 Å². The average Bonchev–Trinajstić information content (AvgIpc) is 1.60. The predicted octanol–water partition coefficient (Wildman–Crippen LogP) is 13.3. The van der Waals surface area contributed by atoms with E-state index in [4.69, 9.17) is 14.2 Å². The van der Waals surface area contributed by atoms with Crippen LogP contribution in [0.15, 0.2) is 140 Å². The number of carbonyl (C=O) groups excluding carboxylic acids is 4. The number of amides is 4. The van der Waals surface area contributed by atoms with Crippen LogP contribution in [0.5, 0.6) is 0 Å². The van der Waals surface area contributed by atoms with Gasteiger partial charge in [-0.2, -0.15) is 26.3 Å². The molecule has 2 N–H and O–H groups in total. The minimum Gasteiger partial charge on any atom is -0.446 e. The van der Waals surface area contributed by atoms with Crippen LogP contribution in [0.3, 0.4) is 0 Å². The Hall–Kier alpha value is -7.89. The van der Waals surface area contributed by atoms with Crippen LogP contribution in [0.25, 0.3) is 11.1 Å². The number of piperidine rings is 2. The Kier molecular flexibility index (Phi) is 22.7. The first kappa shape index (κ1) is 70.4. The normalized spacial score (nSPS) is 19.1. The summed E-state index contributed by atoms with van der Waals surface area (Å²) in [6.07, 6.45) is -2.27. The first-order valence-electron chi connectivity index (χ1n) is 33.9. The molecule has 15 nitrogen and oxygen atoms in total. The molecular weight excluding hydrogens is 1260 g/mol. The van der Waals surface area contributed by atoms with Crippen molar-refractivity contribution in [2.75, 3.05) is 117 Å². The number of carbonyl (C=O) groups is 4. The number of unbranched alkanes of at least 4 members (excludes halogenated alkanes) is 2. The van der Waals surface area contributed by atoms with Crippen LogP contribution >= 0.6 is 0 Å². The van der Waals surface area contributed by atoms with Crippen molar-refractivity contribution in [3.05, 3.63) is 190 Å². The molecule has 1 aliphatic carbocycles. The highest BCUT2D eigenvalue weighted by Gasteiger charge is 2.50. The molecule has 3 fully saturated rings. The van der Waals surface area contributed by atoms with Crippen molar-refractivity contribution in [3.8, 4) is 11.1 Å². The summed E-state index contributed by atoms with van der Waals surface area (Å²) in [5, 5.41) is 6.54. The second-order valence-corrected chi connectivity index (χ2v) is 26.7. The van der Waals surface area contributed by atoms with E-state index in [2.05, 4.69) is 55.7 Å². The van der Waals surface area contributed by atoms with Gasteiger partial charge in [0, 0.05) is 108 Å². The van der Waals surface area contributed by atoms with Crippen LogP contribution in [0.2, 0.25) is 0 Å². The lowest BCUT2D eigenvalue weighted by atomic mass is 9.72. The summed E-state index contributed by atoms with van der Waals surface area (Å²) in [5.74, 6) is -1.51.